The highest BCUT2D eigenvalue weighted by Gasteiger charge is 2.28. The van der Waals surface area contributed by atoms with Gasteiger partial charge in [-0.1, -0.05) is 108 Å². The maximum Gasteiger partial charge on any atom is 0.326 e. The predicted molar refractivity (Wildman–Crippen MR) is 290 cm³/mol. The summed E-state index contributed by atoms with van der Waals surface area (Å²) in [7, 11) is 5.94. The molecule has 2 aromatic heterocycles. The molecule has 4 aromatic carbocycles. The van der Waals surface area contributed by atoms with Crippen molar-refractivity contribution in [3.8, 4) is 33.8 Å². The summed E-state index contributed by atoms with van der Waals surface area (Å²) in [6.07, 6.45) is 4.16. The van der Waals surface area contributed by atoms with Gasteiger partial charge in [-0.15, -0.1) is 0 Å². The van der Waals surface area contributed by atoms with Crippen molar-refractivity contribution in [3.05, 3.63) is 177 Å². The van der Waals surface area contributed by atoms with Crippen LogP contribution in [-0.4, -0.2) is 66.5 Å². The average molecular weight is 1020 g/mol. The van der Waals surface area contributed by atoms with Crippen LogP contribution in [0.1, 0.15) is 107 Å². The molecule has 0 bridgehead atoms. The third-order valence-electron chi connectivity index (χ3n) is 12.0. The number of nitrogens with two attached hydrogens (primary N) is 1. The van der Waals surface area contributed by atoms with Gasteiger partial charge < -0.3 is 44.2 Å². The third kappa shape index (κ3) is 17.2. The first kappa shape index (κ1) is 60.5. The lowest BCUT2D eigenvalue weighted by Crippen LogP contribution is -2.40. The summed E-state index contributed by atoms with van der Waals surface area (Å²) in [5.41, 5.74) is 13.3. The van der Waals surface area contributed by atoms with Crippen molar-refractivity contribution in [1.82, 2.24) is 14.5 Å². The fourth-order valence-corrected chi connectivity index (χ4v) is 8.19. The minimum absolute atomic E-state index is 0. The van der Waals surface area contributed by atoms with Gasteiger partial charge in [0.2, 0.25) is 5.91 Å². The van der Waals surface area contributed by atoms with E-state index in [0.717, 1.165) is 50.3 Å². The number of aromatic nitrogens is 2. The van der Waals surface area contributed by atoms with Crippen molar-refractivity contribution in [1.29, 1.82) is 0 Å². The van der Waals surface area contributed by atoms with Crippen molar-refractivity contribution >= 4 is 23.8 Å². The fourth-order valence-electron chi connectivity index (χ4n) is 8.19. The zero-order chi connectivity index (χ0) is 53.8. The van der Waals surface area contributed by atoms with Gasteiger partial charge in [0.1, 0.15) is 23.6 Å². The average Bonchev–Trinajstić information content (AvgIpc) is 3.37. The Morgan fingerprint density at radius 1 is 0.568 bits per heavy atom. The second-order valence-electron chi connectivity index (χ2n) is 18.3. The van der Waals surface area contributed by atoms with Crippen LogP contribution in [0.4, 0.5) is 0 Å². The topological polar surface area (TPSA) is 207 Å². The minimum atomic E-state index is -0.961. The molecular weight excluding hydrogens is 941 g/mol. The molecule has 1 amide bonds. The molecule has 0 aliphatic heterocycles. The van der Waals surface area contributed by atoms with Gasteiger partial charge in [0.15, 0.2) is 0 Å². The second kappa shape index (κ2) is 29.7. The summed E-state index contributed by atoms with van der Waals surface area (Å²) in [5.74, 6) is -0.199. The van der Waals surface area contributed by atoms with Crippen LogP contribution < -0.4 is 31.6 Å². The molecule has 0 radical (unpaired) electrons. The second-order valence-corrected chi connectivity index (χ2v) is 18.3. The molecule has 15 heteroatoms. The molecule has 396 valence electrons. The predicted octanol–water partition coefficient (Wildman–Crippen LogP) is 10.2. The van der Waals surface area contributed by atoms with E-state index in [-0.39, 0.29) is 55.1 Å². The molecular formula is C59H74N4O11. The first-order valence-electron chi connectivity index (χ1n) is 24.1. The number of aryl methyl sites for hydroxylation is 2. The monoisotopic (exact) mass is 1010 g/mol. The van der Waals surface area contributed by atoms with E-state index in [1.165, 1.54) is 41.7 Å². The number of nitrogens with zero attached hydrogens (tertiary/aromatic N) is 2. The van der Waals surface area contributed by atoms with Crippen LogP contribution in [0.5, 0.6) is 11.5 Å². The summed E-state index contributed by atoms with van der Waals surface area (Å²) < 4.78 is 23.4. The van der Waals surface area contributed by atoms with E-state index in [1.54, 1.807) is 44.7 Å². The maximum atomic E-state index is 13.6. The van der Waals surface area contributed by atoms with Gasteiger partial charge in [0.05, 0.1) is 47.3 Å². The molecule has 15 nitrogen and oxygen atoms in total. The number of carbonyl (C=O) groups is 4. The fraction of sp³-hybridized carbons (Fsp3) is 0.356. The standard InChI is InChI=1S/C29H34N2O5.C18H21NO3.C11H15NO3.CH4/c1-19(2)16-25(31-15-9-8-12-27(31)32)29(34)30-24(18-28(33)36-5)21-13-14-26(35-4)23(17-21)22-11-7-6-10-20(22)3;1-12-6-4-5-7-14(12)15-10-13(8-9-17(15)21-2)16(19)11-18(20)22-3;1-8(2)7-9(11(14)15)12-6-4-3-5-10(12)13;/h6-15,17,19,24-25H,16,18H2,1-5H3,(H,30,34);4-10,16H,11,19H2,1-3H3;3-6,8-9H,7H2,1-2H3,(H,14,15);1H4/t;;9-;/m..0./s1. The van der Waals surface area contributed by atoms with Crippen molar-refractivity contribution in [2.45, 2.75) is 98.8 Å². The summed E-state index contributed by atoms with van der Waals surface area (Å²) in [6, 6.07) is 34.3. The number of carboxylic acid groups (broad SMARTS) is 1. The smallest absolute Gasteiger partial charge is 0.326 e. The lowest BCUT2D eigenvalue weighted by Gasteiger charge is -2.25. The van der Waals surface area contributed by atoms with Gasteiger partial charge >= 0.3 is 17.9 Å². The van der Waals surface area contributed by atoms with E-state index >= 15 is 0 Å². The molecule has 0 aliphatic rings. The van der Waals surface area contributed by atoms with Crippen LogP contribution in [0, 0.1) is 25.7 Å². The Hall–Kier alpha value is -7.78. The van der Waals surface area contributed by atoms with E-state index in [9.17, 15) is 28.8 Å². The van der Waals surface area contributed by atoms with Crippen molar-refractivity contribution in [3.63, 3.8) is 0 Å². The highest BCUT2D eigenvalue weighted by Crippen LogP contribution is 2.36. The first-order valence-corrected chi connectivity index (χ1v) is 24.1. The number of hydrogen-bond acceptors (Lipinski definition) is 11. The van der Waals surface area contributed by atoms with Crippen LogP contribution in [0.3, 0.4) is 0 Å². The Labute approximate surface area is 435 Å². The van der Waals surface area contributed by atoms with Gasteiger partial charge in [0.25, 0.3) is 11.1 Å². The number of nitrogens with one attached hydrogen (secondary N) is 1. The van der Waals surface area contributed by atoms with Gasteiger partial charge in [-0.3, -0.25) is 24.0 Å². The van der Waals surface area contributed by atoms with Gasteiger partial charge in [-0.2, -0.15) is 0 Å². The molecule has 6 aromatic rings. The zero-order valence-electron chi connectivity index (χ0n) is 43.5. The summed E-state index contributed by atoms with van der Waals surface area (Å²) in [5, 5.41) is 12.1. The normalized spacial score (nSPS) is 12.2. The Bertz CT molecular complexity index is 2910. The lowest BCUT2D eigenvalue weighted by molar-refractivity contribution is -0.142. The molecule has 0 aliphatic carbocycles. The third-order valence-corrected chi connectivity index (χ3v) is 12.0. The molecule has 0 saturated heterocycles. The van der Waals surface area contributed by atoms with Crippen molar-refractivity contribution in [2.24, 2.45) is 17.6 Å². The maximum absolute atomic E-state index is 13.6. The molecule has 0 spiro atoms. The van der Waals surface area contributed by atoms with E-state index in [1.807, 2.05) is 113 Å². The number of hydrogen-bond donors (Lipinski definition) is 3. The summed E-state index contributed by atoms with van der Waals surface area (Å²) >= 11 is 0. The zero-order valence-corrected chi connectivity index (χ0v) is 43.5. The molecule has 4 N–H and O–H groups in total. The number of benzene rings is 4. The number of carbonyl (C=O) groups excluding carboxylic acids is 3. The van der Waals surface area contributed by atoms with Gasteiger partial charge in [-0.25, -0.2) is 4.79 Å². The Balaban J connectivity index is 0.000000322. The molecule has 2 heterocycles. The van der Waals surface area contributed by atoms with E-state index in [0.29, 0.717) is 18.6 Å². The lowest BCUT2D eigenvalue weighted by atomic mass is 9.94. The minimum Gasteiger partial charge on any atom is -0.496 e. The Morgan fingerprint density at radius 3 is 1.42 bits per heavy atom. The van der Waals surface area contributed by atoms with Crippen LogP contribution >= 0.6 is 0 Å². The summed E-state index contributed by atoms with van der Waals surface area (Å²) in [4.78, 5) is 72.3. The number of amides is 1. The number of ether oxygens (including phenoxy) is 4. The Kier molecular flexibility index (Phi) is 24.3. The number of aliphatic carboxylic acids is 1. The molecule has 6 rings (SSSR count). The van der Waals surface area contributed by atoms with Crippen molar-refractivity contribution < 1.29 is 43.2 Å². The molecule has 74 heavy (non-hydrogen) atoms. The number of pyridine rings is 2. The largest absolute Gasteiger partial charge is 0.496 e. The number of esters is 2. The van der Waals surface area contributed by atoms with Crippen molar-refractivity contribution in [2.75, 3.05) is 28.4 Å². The highest BCUT2D eigenvalue weighted by molar-refractivity contribution is 5.82. The van der Waals surface area contributed by atoms with Gasteiger partial charge in [-0.05, 0) is 108 Å². The van der Waals surface area contributed by atoms with E-state index < -0.39 is 36.1 Å². The van der Waals surface area contributed by atoms with E-state index in [2.05, 4.69) is 23.0 Å². The number of rotatable bonds is 19. The van der Waals surface area contributed by atoms with Crippen LogP contribution in [0.2, 0.25) is 0 Å². The van der Waals surface area contributed by atoms with Crippen LogP contribution in [0.25, 0.3) is 22.3 Å². The molecule has 4 atom stereocenters. The van der Waals surface area contributed by atoms with Gasteiger partial charge in [0, 0.05) is 41.7 Å². The highest BCUT2D eigenvalue weighted by atomic mass is 16.5. The molecule has 3 unspecified atom stereocenters. The first-order chi connectivity index (χ1) is 34.8. The SMILES string of the molecule is C.CC(C)C[C@@H](C(=O)O)n1ccccc1=O.COC(=O)CC(N)c1ccc(OC)c(-c2ccccc2C)c1.COC(=O)CC(NC(=O)C(CC(C)C)n1ccccc1=O)c1ccc(OC)c(-c2ccccc2C)c1. The molecule has 0 saturated carbocycles. The van der Waals surface area contributed by atoms with E-state index in [4.69, 9.17) is 25.1 Å². The quantitative estimate of drug-likeness (QED) is 0.0648. The van der Waals surface area contributed by atoms with Crippen LogP contribution in [0.15, 0.2) is 143 Å². The Morgan fingerprint density at radius 2 is 0.986 bits per heavy atom. The van der Waals surface area contributed by atoms with Crippen LogP contribution in [-0.2, 0) is 28.7 Å². The molecule has 0 fully saturated rings. The number of carboxylic acids is 1. The summed E-state index contributed by atoms with van der Waals surface area (Å²) in [6.45, 7) is 11.9. The number of methoxy groups -OCH3 is 4.